The van der Waals surface area contributed by atoms with Crippen molar-refractivity contribution in [2.45, 2.75) is 58.3 Å². The van der Waals surface area contributed by atoms with Crippen LogP contribution in [0.1, 0.15) is 57.4 Å². The maximum absolute atomic E-state index is 11.1. The first-order valence-electron chi connectivity index (χ1n) is 9.80. The summed E-state index contributed by atoms with van der Waals surface area (Å²) in [6.07, 6.45) is 13.3. The summed E-state index contributed by atoms with van der Waals surface area (Å²) in [6.45, 7) is 2.29. The van der Waals surface area contributed by atoms with E-state index in [0.717, 1.165) is 31.4 Å². The van der Waals surface area contributed by atoms with Crippen LogP contribution in [0.4, 0.5) is 0 Å². The number of rotatable bonds is 11. The van der Waals surface area contributed by atoms with Gasteiger partial charge in [0.1, 0.15) is 0 Å². The number of benzene rings is 1. The quantitative estimate of drug-likeness (QED) is 0.258. The maximum atomic E-state index is 11.1. The van der Waals surface area contributed by atoms with Gasteiger partial charge in [-0.2, -0.15) is 0 Å². The molecule has 0 heterocycles. The first kappa shape index (κ1) is 20.8. The average molecular weight is 373 g/mol. The Morgan fingerprint density at radius 3 is 2.81 bits per heavy atom. The van der Waals surface area contributed by atoms with Crippen LogP contribution < -0.4 is 0 Å². The van der Waals surface area contributed by atoms with E-state index in [1.165, 1.54) is 31.9 Å². The number of esters is 1. The number of thioether (sulfide) groups is 1. The standard InChI is InChI=1S/C23H32O2S/c1-19-16-17-21(14-9-8-13-20-11-5-3-6-12-20)23(19)26-18-10-4-7-15-22(24)25-2/h3,5-6,9,11-12,14,21H,4,7-8,10,13,15-18H2,1-2H3/b14-9+. The molecule has 0 spiro atoms. The molecule has 1 unspecified atom stereocenters. The zero-order valence-corrected chi connectivity index (χ0v) is 17.0. The van der Waals surface area contributed by atoms with Crippen molar-refractivity contribution in [3.05, 3.63) is 58.5 Å². The van der Waals surface area contributed by atoms with Crippen LogP contribution in [0, 0.1) is 5.92 Å². The first-order valence-corrected chi connectivity index (χ1v) is 10.8. The van der Waals surface area contributed by atoms with E-state index in [0.29, 0.717) is 12.3 Å². The SMILES string of the molecule is COC(=O)CCCCCSC1=C(C)CCC1/C=C/CCc1ccccc1. The van der Waals surface area contributed by atoms with Gasteiger partial charge in [0, 0.05) is 12.3 Å². The Bertz CT molecular complexity index is 604. The van der Waals surface area contributed by atoms with Crippen molar-refractivity contribution in [2.24, 2.45) is 5.92 Å². The van der Waals surface area contributed by atoms with E-state index >= 15 is 0 Å². The molecule has 0 saturated heterocycles. The summed E-state index contributed by atoms with van der Waals surface area (Å²) in [4.78, 5) is 12.7. The topological polar surface area (TPSA) is 26.3 Å². The normalized spacial score (nSPS) is 17.2. The van der Waals surface area contributed by atoms with Crippen LogP contribution in [0.3, 0.4) is 0 Å². The van der Waals surface area contributed by atoms with E-state index in [2.05, 4.69) is 54.1 Å². The fourth-order valence-electron chi connectivity index (χ4n) is 3.34. The number of aryl methyl sites for hydroxylation is 1. The second kappa shape index (κ2) is 12.0. The summed E-state index contributed by atoms with van der Waals surface area (Å²) in [6, 6.07) is 10.7. The van der Waals surface area contributed by atoms with Gasteiger partial charge in [-0.25, -0.2) is 0 Å². The van der Waals surface area contributed by atoms with Crippen LogP contribution in [0.2, 0.25) is 0 Å². The smallest absolute Gasteiger partial charge is 0.305 e. The number of carbonyl (C=O) groups is 1. The predicted octanol–water partition coefficient (Wildman–Crippen LogP) is 6.33. The van der Waals surface area contributed by atoms with Crippen molar-refractivity contribution in [2.75, 3.05) is 12.9 Å². The monoisotopic (exact) mass is 372 g/mol. The summed E-state index contributed by atoms with van der Waals surface area (Å²) in [5, 5.41) is 0. The van der Waals surface area contributed by atoms with E-state index < -0.39 is 0 Å². The predicted molar refractivity (Wildman–Crippen MR) is 112 cm³/mol. The average Bonchev–Trinajstić information content (AvgIpc) is 3.02. The number of hydrogen-bond donors (Lipinski definition) is 0. The zero-order chi connectivity index (χ0) is 18.6. The van der Waals surface area contributed by atoms with Gasteiger partial charge in [0.25, 0.3) is 0 Å². The van der Waals surface area contributed by atoms with Crippen LogP contribution in [0.5, 0.6) is 0 Å². The third-order valence-electron chi connectivity index (χ3n) is 4.91. The molecule has 0 fully saturated rings. The molecule has 1 aromatic rings. The van der Waals surface area contributed by atoms with Gasteiger partial charge >= 0.3 is 5.97 Å². The number of allylic oxidation sites excluding steroid dienone is 4. The number of carbonyl (C=O) groups excluding carboxylic acids is 1. The molecule has 1 atom stereocenters. The molecule has 0 N–H and O–H groups in total. The van der Waals surface area contributed by atoms with Gasteiger partial charge in [-0.15, -0.1) is 11.8 Å². The highest BCUT2D eigenvalue weighted by Crippen LogP contribution is 2.40. The zero-order valence-electron chi connectivity index (χ0n) is 16.2. The molecule has 0 saturated carbocycles. The molecule has 0 bridgehead atoms. The second-order valence-electron chi connectivity index (χ2n) is 6.98. The van der Waals surface area contributed by atoms with Crippen molar-refractivity contribution in [1.29, 1.82) is 0 Å². The molecule has 0 radical (unpaired) electrons. The summed E-state index contributed by atoms with van der Waals surface area (Å²) >= 11 is 2.03. The van der Waals surface area contributed by atoms with Gasteiger partial charge in [-0.05, 0) is 61.7 Å². The highest BCUT2D eigenvalue weighted by atomic mass is 32.2. The van der Waals surface area contributed by atoms with Gasteiger partial charge in [0.15, 0.2) is 0 Å². The molecule has 1 aliphatic carbocycles. The van der Waals surface area contributed by atoms with Crippen LogP contribution >= 0.6 is 11.8 Å². The first-order chi connectivity index (χ1) is 12.7. The second-order valence-corrected chi connectivity index (χ2v) is 8.11. The van der Waals surface area contributed by atoms with Gasteiger partial charge in [-0.1, -0.05) is 54.5 Å². The number of ether oxygens (including phenoxy) is 1. The minimum atomic E-state index is -0.0901. The Hall–Kier alpha value is -1.48. The Kier molecular flexibility index (Phi) is 9.62. The molecule has 0 amide bonds. The Labute approximate surface area is 163 Å². The minimum absolute atomic E-state index is 0.0901. The molecule has 1 aromatic carbocycles. The third-order valence-corrected chi connectivity index (χ3v) is 6.36. The van der Waals surface area contributed by atoms with Crippen molar-refractivity contribution in [1.82, 2.24) is 0 Å². The Morgan fingerprint density at radius 1 is 1.23 bits per heavy atom. The van der Waals surface area contributed by atoms with Crippen LogP contribution in [0.15, 0.2) is 53.0 Å². The van der Waals surface area contributed by atoms with Gasteiger partial charge in [0.05, 0.1) is 7.11 Å². The highest BCUT2D eigenvalue weighted by molar-refractivity contribution is 8.03. The number of methoxy groups -OCH3 is 1. The third kappa shape index (κ3) is 7.41. The van der Waals surface area contributed by atoms with E-state index in [4.69, 9.17) is 0 Å². The lowest BCUT2D eigenvalue weighted by molar-refractivity contribution is -0.140. The van der Waals surface area contributed by atoms with Crippen LogP contribution in [-0.4, -0.2) is 18.8 Å². The van der Waals surface area contributed by atoms with E-state index in [1.54, 1.807) is 10.5 Å². The summed E-state index contributed by atoms with van der Waals surface area (Å²) in [5.41, 5.74) is 2.99. The molecule has 2 nitrogen and oxygen atoms in total. The van der Waals surface area contributed by atoms with E-state index in [-0.39, 0.29) is 5.97 Å². The fraction of sp³-hybridized carbons (Fsp3) is 0.522. The largest absolute Gasteiger partial charge is 0.469 e. The van der Waals surface area contributed by atoms with Crippen molar-refractivity contribution in [3.63, 3.8) is 0 Å². The Balaban J connectivity index is 1.67. The van der Waals surface area contributed by atoms with Crippen molar-refractivity contribution in [3.8, 4) is 0 Å². The highest BCUT2D eigenvalue weighted by Gasteiger charge is 2.21. The molecule has 2 rings (SSSR count). The maximum Gasteiger partial charge on any atom is 0.305 e. The molecule has 142 valence electrons. The molecular weight excluding hydrogens is 340 g/mol. The van der Waals surface area contributed by atoms with Crippen LogP contribution in [-0.2, 0) is 16.0 Å². The molecule has 3 heteroatoms. The minimum Gasteiger partial charge on any atom is -0.469 e. The van der Waals surface area contributed by atoms with E-state index in [9.17, 15) is 4.79 Å². The Morgan fingerprint density at radius 2 is 2.04 bits per heavy atom. The van der Waals surface area contributed by atoms with Crippen molar-refractivity contribution >= 4 is 17.7 Å². The number of unbranched alkanes of at least 4 members (excludes halogenated alkanes) is 2. The molecular formula is C23H32O2S. The summed E-state index contributed by atoms with van der Waals surface area (Å²) < 4.78 is 4.68. The van der Waals surface area contributed by atoms with Crippen molar-refractivity contribution < 1.29 is 9.53 Å². The van der Waals surface area contributed by atoms with Crippen LogP contribution in [0.25, 0.3) is 0 Å². The lowest BCUT2D eigenvalue weighted by Gasteiger charge is -2.11. The van der Waals surface area contributed by atoms with Gasteiger partial charge < -0.3 is 4.74 Å². The molecule has 0 aromatic heterocycles. The molecule has 1 aliphatic rings. The number of hydrogen-bond acceptors (Lipinski definition) is 3. The molecule has 26 heavy (non-hydrogen) atoms. The van der Waals surface area contributed by atoms with Gasteiger partial charge in [-0.3, -0.25) is 4.79 Å². The lowest BCUT2D eigenvalue weighted by Crippen LogP contribution is -1.99. The molecule has 0 aliphatic heterocycles. The fourth-order valence-corrected chi connectivity index (χ4v) is 4.67. The lowest BCUT2D eigenvalue weighted by atomic mass is 10.1. The van der Waals surface area contributed by atoms with Gasteiger partial charge in [0.2, 0.25) is 0 Å². The summed E-state index contributed by atoms with van der Waals surface area (Å²) in [5.74, 6) is 1.68. The van der Waals surface area contributed by atoms with E-state index in [1.807, 2.05) is 11.8 Å². The summed E-state index contributed by atoms with van der Waals surface area (Å²) in [7, 11) is 1.46.